The molecule has 1 atom stereocenters. The molecule has 1 unspecified atom stereocenters. The van der Waals surface area contributed by atoms with E-state index in [4.69, 9.17) is 5.73 Å². The largest absolute Gasteiger partial charge is 0.369 e. The molecule has 1 aromatic carbocycles. The molecule has 0 saturated carbocycles. The number of carbonyl (C=O) groups excluding carboxylic acids is 1. The van der Waals surface area contributed by atoms with Gasteiger partial charge in [-0.15, -0.1) is 0 Å². The fraction of sp³-hybridized carbons (Fsp3) is 0.429. The molecule has 2 rings (SSSR count). The van der Waals surface area contributed by atoms with Gasteiger partial charge in [-0.1, -0.05) is 6.07 Å². The number of nitrogens with two attached hydrogens (primary N) is 1. The zero-order valence-electron chi connectivity index (χ0n) is 10.9. The topological polar surface area (TPSA) is 70.1 Å². The third kappa shape index (κ3) is 2.94. The number of hydrogen-bond acceptors (Lipinski definition) is 3. The number of piperidine rings is 1. The van der Waals surface area contributed by atoms with Gasteiger partial charge in [0.25, 0.3) is 0 Å². The van der Waals surface area contributed by atoms with Gasteiger partial charge in [-0.3, -0.25) is 9.69 Å². The number of primary amides is 1. The molecule has 0 aromatic heterocycles. The zero-order chi connectivity index (χ0) is 14.7. The van der Waals surface area contributed by atoms with E-state index in [1.54, 1.807) is 0 Å². The minimum Gasteiger partial charge on any atom is -0.369 e. The van der Waals surface area contributed by atoms with Gasteiger partial charge in [0.1, 0.15) is 6.04 Å². The second-order valence-electron chi connectivity index (χ2n) is 4.92. The Hall–Kier alpha value is -2.00. The maximum absolute atomic E-state index is 13.2. The molecule has 1 heterocycles. The van der Waals surface area contributed by atoms with E-state index in [1.165, 1.54) is 6.07 Å². The van der Waals surface area contributed by atoms with E-state index in [9.17, 15) is 18.8 Å². The molecule has 1 aliphatic rings. The summed E-state index contributed by atoms with van der Waals surface area (Å²) in [6.07, 6.45) is 1.16. The molecule has 1 aliphatic heterocycles. The molecule has 6 heteroatoms. The van der Waals surface area contributed by atoms with Crippen molar-refractivity contribution in [1.82, 2.24) is 4.90 Å². The number of benzene rings is 1. The summed E-state index contributed by atoms with van der Waals surface area (Å²) in [4.78, 5) is 13.0. The standard InChI is InChI=1S/C14H15F2N3O/c15-11-2-1-10(7-12(11)16)13(8-17)19-5-3-9(4-6-19)14(18)20/h1-2,7,9,13H,3-6H2,(H2,18,20). The maximum Gasteiger partial charge on any atom is 0.220 e. The van der Waals surface area contributed by atoms with Crippen LogP contribution in [0.4, 0.5) is 8.78 Å². The van der Waals surface area contributed by atoms with Crippen LogP contribution in [-0.4, -0.2) is 23.9 Å². The van der Waals surface area contributed by atoms with E-state index < -0.39 is 17.7 Å². The highest BCUT2D eigenvalue weighted by atomic mass is 19.2. The first-order chi connectivity index (χ1) is 9.52. The van der Waals surface area contributed by atoms with Crippen molar-refractivity contribution in [3.05, 3.63) is 35.4 Å². The van der Waals surface area contributed by atoms with Crippen LogP contribution in [0.15, 0.2) is 18.2 Å². The zero-order valence-corrected chi connectivity index (χ0v) is 10.9. The van der Waals surface area contributed by atoms with E-state index in [2.05, 4.69) is 6.07 Å². The van der Waals surface area contributed by atoms with Gasteiger partial charge >= 0.3 is 0 Å². The lowest BCUT2D eigenvalue weighted by Crippen LogP contribution is -2.40. The Kier molecular flexibility index (Phi) is 4.30. The molecular weight excluding hydrogens is 264 g/mol. The van der Waals surface area contributed by atoms with Crippen molar-refractivity contribution in [1.29, 1.82) is 5.26 Å². The number of halogens is 2. The minimum absolute atomic E-state index is 0.171. The van der Waals surface area contributed by atoms with Crippen LogP contribution >= 0.6 is 0 Å². The summed E-state index contributed by atoms with van der Waals surface area (Å²) in [6, 6.07) is 4.93. The molecule has 1 aromatic rings. The Balaban J connectivity index is 2.12. The monoisotopic (exact) mass is 279 g/mol. The average molecular weight is 279 g/mol. The highest BCUT2D eigenvalue weighted by molar-refractivity contribution is 5.76. The first kappa shape index (κ1) is 14.4. The van der Waals surface area contributed by atoms with E-state index in [0.717, 1.165) is 12.1 Å². The van der Waals surface area contributed by atoms with Crippen LogP contribution in [0.2, 0.25) is 0 Å². The summed E-state index contributed by atoms with van der Waals surface area (Å²) >= 11 is 0. The van der Waals surface area contributed by atoms with Gasteiger partial charge in [0.15, 0.2) is 11.6 Å². The van der Waals surface area contributed by atoms with E-state index in [-0.39, 0.29) is 11.8 Å². The summed E-state index contributed by atoms with van der Waals surface area (Å²) in [7, 11) is 0. The van der Waals surface area contributed by atoms with Crippen LogP contribution in [0.3, 0.4) is 0 Å². The number of hydrogen-bond donors (Lipinski definition) is 1. The van der Waals surface area contributed by atoms with Crippen LogP contribution in [0.5, 0.6) is 0 Å². The van der Waals surface area contributed by atoms with Crippen LogP contribution in [0, 0.1) is 28.9 Å². The fourth-order valence-corrected chi connectivity index (χ4v) is 2.49. The number of nitriles is 1. The molecule has 1 amide bonds. The molecule has 0 spiro atoms. The Bertz CT molecular complexity index is 548. The number of rotatable bonds is 3. The van der Waals surface area contributed by atoms with Crippen molar-refractivity contribution in [2.24, 2.45) is 11.7 Å². The third-order valence-electron chi connectivity index (χ3n) is 3.68. The van der Waals surface area contributed by atoms with E-state index in [0.29, 0.717) is 31.5 Å². The SMILES string of the molecule is N#CC(c1ccc(F)c(F)c1)N1CCC(C(N)=O)CC1. The van der Waals surface area contributed by atoms with Crippen molar-refractivity contribution in [3.8, 4) is 6.07 Å². The predicted molar refractivity (Wildman–Crippen MR) is 68.2 cm³/mol. The highest BCUT2D eigenvalue weighted by Crippen LogP contribution is 2.27. The second kappa shape index (κ2) is 5.97. The van der Waals surface area contributed by atoms with Crippen LogP contribution in [0.25, 0.3) is 0 Å². The summed E-state index contributed by atoms with van der Waals surface area (Å²) in [6.45, 7) is 1.07. The maximum atomic E-state index is 13.2. The quantitative estimate of drug-likeness (QED) is 0.916. The lowest BCUT2D eigenvalue weighted by molar-refractivity contribution is -0.123. The number of nitrogens with zero attached hydrogens (tertiary/aromatic N) is 2. The van der Waals surface area contributed by atoms with Gasteiger partial charge in [-0.2, -0.15) is 5.26 Å². The van der Waals surface area contributed by atoms with Crippen molar-refractivity contribution < 1.29 is 13.6 Å². The lowest BCUT2D eigenvalue weighted by Gasteiger charge is -2.33. The smallest absolute Gasteiger partial charge is 0.220 e. The molecule has 0 radical (unpaired) electrons. The van der Waals surface area contributed by atoms with Gasteiger partial charge in [0, 0.05) is 19.0 Å². The molecule has 1 saturated heterocycles. The van der Waals surface area contributed by atoms with Crippen molar-refractivity contribution in [3.63, 3.8) is 0 Å². The predicted octanol–water partition coefficient (Wildman–Crippen LogP) is 1.73. The van der Waals surface area contributed by atoms with Crippen LogP contribution in [-0.2, 0) is 4.79 Å². The van der Waals surface area contributed by atoms with Crippen LogP contribution < -0.4 is 5.73 Å². The average Bonchev–Trinajstić information content (AvgIpc) is 2.44. The molecule has 0 bridgehead atoms. The van der Waals surface area contributed by atoms with Crippen LogP contribution in [0.1, 0.15) is 24.4 Å². The minimum atomic E-state index is -0.963. The van der Waals surface area contributed by atoms with Crippen molar-refractivity contribution in [2.45, 2.75) is 18.9 Å². The van der Waals surface area contributed by atoms with Gasteiger partial charge in [0.05, 0.1) is 6.07 Å². The molecule has 20 heavy (non-hydrogen) atoms. The second-order valence-corrected chi connectivity index (χ2v) is 4.92. The Labute approximate surface area is 115 Å². The summed E-state index contributed by atoms with van der Waals surface area (Å²) in [5.41, 5.74) is 5.68. The number of likely N-dealkylation sites (tertiary alicyclic amines) is 1. The van der Waals surface area contributed by atoms with Crippen molar-refractivity contribution >= 4 is 5.91 Å². The number of amides is 1. The summed E-state index contributed by atoms with van der Waals surface area (Å²) in [5, 5.41) is 9.27. The van der Waals surface area contributed by atoms with Gasteiger partial charge < -0.3 is 5.73 Å². The molecule has 0 aliphatic carbocycles. The van der Waals surface area contributed by atoms with Gasteiger partial charge in [0.2, 0.25) is 5.91 Å². The summed E-state index contributed by atoms with van der Waals surface area (Å²) in [5.74, 6) is -2.39. The summed E-state index contributed by atoms with van der Waals surface area (Å²) < 4.78 is 26.2. The van der Waals surface area contributed by atoms with E-state index >= 15 is 0 Å². The fourth-order valence-electron chi connectivity index (χ4n) is 2.49. The highest BCUT2D eigenvalue weighted by Gasteiger charge is 2.28. The number of carbonyl (C=O) groups is 1. The van der Waals surface area contributed by atoms with Gasteiger partial charge in [-0.05, 0) is 30.5 Å². The normalized spacial score (nSPS) is 18.4. The Morgan fingerprint density at radius 3 is 2.50 bits per heavy atom. The van der Waals surface area contributed by atoms with Gasteiger partial charge in [-0.25, -0.2) is 8.78 Å². The Morgan fingerprint density at radius 1 is 1.35 bits per heavy atom. The third-order valence-corrected chi connectivity index (χ3v) is 3.68. The van der Waals surface area contributed by atoms with Crippen molar-refractivity contribution in [2.75, 3.05) is 13.1 Å². The lowest BCUT2D eigenvalue weighted by atomic mass is 9.94. The molecule has 1 fully saturated rings. The van der Waals surface area contributed by atoms with E-state index in [1.807, 2.05) is 4.90 Å². The molecule has 2 N–H and O–H groups in total. The first-order valence-electron chi connectivity index (χ1n) is 6.41. The Morgan fingerprint density at radius 2 is 2.00 bits per heavy atom. The molecular formula is C14H15F2N3O. The molecule has 4 nitrogen and oxygen atoms in total. The molecule has 106 valence electrons. The first-order valence-corrected chi connectivity index (χ1v) is 6.41.